The lowest BCUT2D eigenvalue weighted by Crippen LogP contribution is -2.45. The van der Waals surface area contributed by atoms with E-state index in [1.54, 1.807) is 6.08 Å². The van der Waals surface area contributed by atoms with E-state index in [9.17, 15) is 19.8 Å². The van der Waals surface area contributed by atoms with Gasteiger partial charge in [-0.15, -0.1) is 0 Å². The van der Waals surface area contributed by atoms with Crippen molar-refractivity contribution in [2.75, 3.05) is 13.2 Å². The molecule has 0 aliphatic heterocycles. The van der Waals surface area contributed by atoms with Crippen LogP contribution in [0, 0.1) is 0 Å². The quantitative estimate of drug-likeness (QED) is 0.0321. The summed E-state index contributed by atoms with van der Waals surface area (Å²) in [6.45, 7) is 4.88. The van der Waals surface area contributed by atoms with Gasteiger partial charge in [0, 0.05) is 12.8 Å². The largest absolute Gasteiger partial charge is 0.466 e. The first-order valence-electron chi connectivity index (χ1n) is 31.3. The first kappa shape index (κ1) is 68.1. The molecule has 0 saturated carbocycles. The van der Waals surface area contributed by atoms with Crippen molar-refractivity contribution in [1.29, 1.82) is 0 Å². The lowest BCUT2D eigenvalue weighted by atomic mass is 10.0. The molecule has 0 rings (SSSR count). The summed E-state index contributed by atoms with van der Waals surface area (Å²) >= 11 is 0. The molecule has 0 aliphatic carbocycles. The monoisotopic (exact) mass is 984 g/mol. The summed E-state index contributed by atoms with van der Waals surface area (Å²) in [6, 6.07) is -0.631. The van der Waals surface area contributed by atoms with Crippen molar-refractivity contribution in [2.45, 2.75) is 347 Å². The van der Waals surface area contributed by atoms with Gasteiger partial charge in [0.05, 0.1) is 25.4 Å². The third-order valence-electron chi connectivity index (χ3n) is 14.4. The standard InChI is InChI=1S/C64H121NO5/c1-3-5-7-9-11-13-15-17-19-20-22-25-29-32-36-40-44-48-52-56-62(67)61(60-66)65-63(68)57-53-49-45-41-37-33-30-26-23-21-24-27-31-35-39-43-47-51-55-59-70-64(69)58-54-50-46-42-38-34-28-18-16-14-12-10-8-6-4-2/h12,14,18,28,52,56,61-62,66-67H,3-11,13,15-17,19-27,29-51,53-55,57-60H2,1-2H3,(H,65,68)/b14-12-,28-18-,56-52+. The maximum atomic E-state index is 12.5. The second-order valence-electron chi connectivity index (χ2n) is 21.4. The molecule has 1 amide bonds. The van der Waals surface area contributed by atoms with Crippen molar-refractivity contribution in [3.05, 3.63) is 36.5 Å². The average molecular weight is 985 g/mol. The number of amides is 1. The predicted molar refractivity (Wildman–Crippen MR) is 306 cm³/mol. The molecule has 0 fully saturated rings. The highest BCUT2D eigenvalue weighted by Gasteiger charge is 2.18. The van der Waals surface area contributed by atoms with Crippen molar-refractivity contribution in [2.24, 2.45) is 0 Å². The zero-order valence-electron chi connectivity index (χ0n) is 47.0. The third kappa shape index (κ3) is 55.4. The molecule has 70 heavy (non-hydrogen) atoms. The summed E-state index contributed by atoms with van der Waals surface area (Å²) < 4.78 is 5.48. The molecule has 6 heteroatoms. The highest BCUT2D eigenvalue weighted by Crippen LogP contribution is 2.17. The number of aliphatic hydroxyl groups excluding tert-OH is 2. The van der Waals surface area contributed by atoms with Crippen LogP contribution in [0.5, 0.6) is 0 Å². The number of carbonyl (C=O) groups is 2. The van der Waals surface area contributed by atoms with E-state index >= 15 is 0 Å². The van der Waals surface area contributed by atoms with Crippen molar-refractivity contribution in [3.63, 3.8) is 0 Å². The van der Waals surface area contributed by atoms with Gasteiger partial charge in [-0.3, -0.25) is 9.59 Å². The lowest BCUT2D eigenvalue weighted by Gasteiger charge is -2.20. The molecule has 0 bridgehead atoms. The Morgan fingerprint density at radius 2 is 0.714 bits per heavy atom. The molecule has 412 valence electrons. The van der Waals surface area contributed by atoms with Crippen molar-refractivity contribution < 1.29 is 24.5 Å². The Bertz CT molecular complexity index is 1130. The summed E-state index contributed by atoms with van der Waals surface area (Å²) in [5.74, 6) is -0.0744. The Labute approximate surface area is 436 Å². The number of rotatable bonds is 58. The minimum Gasteiger partial charge on any atom is -0.466 e. The number of nitrogens with one attached hydrogen (secondary N) is 1. The van der Waals surface area contributed by atoms with E-state index in [2.05, 4.69) is 43.5 Å². The number of esters is 1. The summed E-state index contributed by atoms with van der Waals surface area (Å²) in [6.07, 6.45) is 74.6. The van der Waals surface area contributed by atoms with Crippen LogP contribution in [0.3, 0.4) is 0 Å². The minimum absolute atomic E-state index is 0.00550. The van der Waals surface area contributed by atoms with Crippen LogP contribution in [0.2, 0.25) is 0 Å². The Morgan fingerprint density at radius 1 is 0.400 bits per heavy atom. The van der Waals surface area contributed by atoms with Gasteiger partial charge in [-0.25, -0.2) is 0 Å². The van der Waals surface area contributed by atoms with Crippen molar-refractivity contribution >= 4 is 11.9 Å². The molecule has 0 aromatic rings. The first-order valence-corrected chi connectivity index (χ1v) is 31.3. The van der Waals surface area contributed by atoms with Gasteiger partial charge in [-0.1, -0.05) is 294 Å². The molecule has 3 N–H and O–H groups in total. The number of unbranched alkanes of at least 4 members (excludes halogenated alkanes) is 43. The van der Waals surface area contributed by atoms with Gasteiger partial charge in [-0.2, -0.15) is 0 Å². The van der Waals surface area contributed by atoms with Crippen LogP contribution in [0.1, 0.15) is 335 Å². The number of aliphatic hydroxyl groups is 2. The SMILES string of the molecule is CCCCC/C=C\C/C=C\CCCCCCCC(=O)OCCCCCCCCCCCCCCCCCCCCCC(=O)NC(CO)C(O)/C=C/CCCCCCCCCCCCCCCCCCC. The Balaban J connectivity index is 3.44. The predicted octanol–water partition coefficient (Wildman–Crippen LogP) is 19.6. The fraction of sp³-hybridized carbons (Fsp3) is 0.875. The smallest absolute Gasteiger partial charge is 0.305 e. The van der Waals surface area contributed by atoms with Gasteiger partial charge >= 0.3 is 5.97 Å². The number of carbonyl (C=O) groups excluding carboxylic acids is 2. The normalized spacial score (nSPS) is 12.8. The average Bonchev–Trinajstić information content (AvgIpc) is 3.36. The molecule has 6 nitrogen and oxygen atoms in total. The van der Waals surface area contributed by atoms with E-state index in [0.29, 0.717) is 19.4 Å². The van der Waals surface area contributed by atoms with Crippen molar-refractivity contribution in [1.82, 2.24) is 5.32 Å². The van der Waals surface area contributed by atoms with Crippen molar-refractivity contribution in [3.8, 4) is 0 Å². The fourth-order valence-electron chi connectivity index (χ4n) is 9.61. The fourth-order valence-corrected chi connectivity index (χ4v) is 9.61. The Morgan fingerprint density at radius 3 is 1.11 bits per heavy atom. The number of allylic oxidation sites excluding steroid dienone is 5. The molecule has 2 unspecified atom stereocenters. The molecule has 0 radical (unpaired) electrons. The topological polar surface area (TPSA) is 95.9 Å². The zero-order valence-corrected chi connectivity index (χ0v) is 47.0. The number of hydrogen-bond acceptors (Lipinski definition) is 5. The molecule has 0 spiro atoms. The lowest BCUT2D eigenvalue weighted by molar-refractivity contribution is -0.143. The van der Waals surface area contributed by atoms with E-state index in [-0.39, 0.29) is 18.5 Å². The van der Waals surface area contributed by atoms with Gasteiger partial charge < -0.3 is 20.3 Å². The van der Waals surface area contributed by atoms with Crippen LogP contribution in [-0.2, 0) is 14.3 Å². The van der Waals surface area contributed by atoms with E-state index < -0.39 is 12.1 Å². The molecule has 0 aromatic heterocycles. The van der Waals surface area contributed by atoms with Gasteiger partial charge in [0.2, 0.25) is 5.91 Å². The van der Waals surface area contributed by atoms with Crippen LogP contribution >= 0.6 is 0 Å². The number of hydrogen-bond donors (Lipinski definition) is 3. The second-order valence-corrected chi connectivity index (χ2v) is 21.4. The maximum absolute atomic E-state index is 12.5. The summed E-state index contributed by atoms with van der Waals surface area (Å²) in [7, 11) is 0. The molecule has 0 aromatic carbocycles. The number of ether oxygens (including phenoxy) is 1. The second kappa shape index (κ2) is 59.6. The van der Waals surface area contributed by atoms with Crippen LogP contribution in [0.25, 0.3) is 0 Å². The molecule has 2 atom stereocenters. The van der Waals surface area contributed by atoms with E-state index in [1.807, 2.05) is 6.08 Å². The highest BCUT2D eigenvalue weighted by molar-refractivity contribution is 5.76. The van der Waals surface area contributed by atoms with Crippen LogP contribution in [0.15, 0.2) is 36.5 Å². The molecule has 0 aliphatic rings. The highest BCUT2D eigenvalue weighted by atomic mass is 16.5. The molecule has 0 heterocycles. The Hall–Kier alpha value is -1.92. The van der Waals surface area contributed by atoms with Crippen LogP contribution in [0.4, 0.5) is 0 Å². The summed E-state index contributed by atoms with van der Waals surface area (Å²) in [5.41, 5.74) is 0. The molecular weight excluding hydrogens is 863 g/mol. The van der Waals surface area contributed by atoms with E-state index in [1.165, 1.54) is 257 Å². The molecular formula is C64H121NO5. The van der Waals surface area contributed by atoms with E-state index in [4.69, 9.17) is 4.74 Å². The minimum atomic E-state index is -0.848. The third-order valence-corrected chi connectivity index (χ3v) is 14.4. The molecule has 0 saturated heterocycles. The maximum Gasteiger partial charge on any atom is 0.305 e. The van der Waals surface area contributed by atoms with Gasteiger partial charge in [0.15, 0.2) is 0 Å². The summed E-state index contributed by atoms with van der Waals surface area (Å²) in [4.78, 5) is 24.5. The zero-order chi connectivity index (χ0) is 50.7. The van der Waals surface area contributed by atoms with Crippen LogP contribution in [-0.4, -0.2) is 47.4 Å². The van der Waals surface area contributed by atoms with Gasteiger partial charge in [-0.05, 0) is 64.2 Å². The van der Waals surface area contributed by atoms with E-state index in [0.717, 1.165) is 51.4 Å². The van der Waals surface area contributed by atoms with Crippen LogP contribution < -0.4 is 5.32 Å². The van der Waals surface area contributed by atoms with Gasteiger partial charge in [0.25, 0.3) is 0 Å². The summed E-state index contributed by atoms with van der Waals surface area (Å²) in [5, 5.41) is 23.2. The Kier molecular flexibility index (Phi) is 58.0. The van der Waals surface area contributed by atoms with Gasteiger partial charge in [0.1, 0.15) is 0 Å². The first-order chi connectivity index (χ1) is 34.5.